The molecule has 1 N–H and O–H groups in total. The molecular formula is C11H14O4. The van der Waals surface area contributed by atoms with Crippen LogP contribution in [0.15, 0.2) is 16.5 Å². The number of carboxylic acid groups (broad SMARTS) is 1. The molecule has 0 radical (unpaired) electrons. The van der Waals surface area contributed by atoms with E-state index in [4.69, 9.17) is 9.52 Å². The maximum atomic E-state index is 11.7. The zero-order valence-corrected chi connectivity index (χ0v) is 8.98. The molecule has 4 heteroatoms. The molecule has 4 nitrogen and oxygen atoms in total. The Labute approximate surface area is 87.9 Å². The first-order valence-electron chi connectivity index (χ1n) is 4.77. The van der Waals surface area contributed by atoms with Crippen molar-refractivity contribution in [1.29, 1.82) is 0 Å². The molecule has 0 aliphatic carbocycles. The van der Waals surface area contributed by atoms with Crippen molar-refractivity contribution in [3.63, 3.8) is 0 Å². The molecular weight excluding hydrogens is 196 g/mol. The number of furan rings is 1. The maximum absolute atomic E-state index is 11.7. The Bertz CT molecular complexity index is 378. The molecule has 0 aliphatic heterocycles. The second kappa shape index (κ2) is 4.29. The molecule has 1 aromatic heterocycles. The van der Waals surface area contributed by atoms with Crippen LogP contribution in [-0.2, 0) is 4.79 Å². The number of hydrogen-bond donors (Lipinski definition) is 1. The van der Waals surface area contributed by atoms with Crippen LogP contribution in [0.4, 0.5) is 0 Å². The van der Waals surface area contributed by atoms with E-state index in [9.17, 15) is 9.59 Å². The molecule has 0 amide bonds. The minimum absolute atomic E-state index is 0.230. The van der Waals surface area contributed by atoms with Crippen LogP contribution in [-0.4, -0.2) is 16.9 Å². The highest BCUT2D eigenvalue weighted by atomic mass is 16.4. The highest BCUT2D eigenvalue weighted by molar-refractivity contribution is 5.97. The van der Waals surface area contributed by atoms with E-state index >= 15 is 0 Å². The van der Waals surface area contributed by atoms with Crippen molar-refractivity contribution in [2.45, 2.75) is 20.8 Å². The molecule has 1 heterocycles. The molecule has 0 bridgehead atoms. The molecule has 0 aliphatic rings. The summed E-state index contributed by atoms with van der Waals surface area (Å²) in [5, 5.41) is 8.77. The van der Waals surface area contributed by atoms with Crippen LogP contribution in [0.25, 0.3) is 0 Å². The average Bonchev–Trinajstić information content (AvgIpc) is 2.61. The van der Waals surface area contributed by atoms with Crippen molar-refractivity contribution in [1.82, 2.24) is 0 Å². The van der Waals surface area contributed by atoms with Gasteiger partial charge in [0.2, 0.25) is 5.78 Å². The summed E-state index contributed by atoms with van der Waals surface area (Å²) in [6, 6.07) is 3.26. The van der Waals surface area contributed by atoms with Crippen molar-refractivity contribution >= 4 is 11.8 Å². The molecule has 0 saturated carbocycles. The molecule has 2 atom stereocenters. The molecule has 1 aromatic rings. The molecule has 82 valence electrons. The lowest BCUT2D eigenvalue weighted by Gasteiger charge is -2.12. The first kappa shape index (κ1) is 11.5. The highest BCUT2D eigenvalue weighted by Gasteiger charge is 2.28. The molecule has 15 heavy (non-hydrogen) atoms. The van der Waals surface area contributed by atoms with Crippen LogP contribution in [0.1, 0.15) is 30.2 Å². The summed E-state index contributed by atoms with van der Waals surface area (Å²) in [6.45, 7) is 4.85. The summed E-state index contributed by atoms with van der Waals surface area (Å²) >= 11 is 0. The van der Waals surface area contributed by atoms with Gasteiger partial charge in [-0.2, -0.15) is 0 Å². The average molecular weight is 210 g/mol. The van der Waals surface area contributed by atoms with Gasteiger partial charge in [-0.3, -0.25) is 9.59 Å². The smallest absolute Gasteiger partial charge is 0.306 e. The normalized spacial score (nSPS) is 14.6. The number of carbonyl (C=O) groups is 2. The maximum Gasteiger partial charge on any atom is 0.306 e. The molecule has 1 rings (SSSR count). The Kier molecular flexibility index (Phi) is 3.29. The van der Waals surface area contributed by atoms with Gasteiger partial charge in [0.15, 0.2) is 5.76 Å². The van der Waals surface area contributed by atoms with Gasteiger partial charge >= 0.3 is 5.97 Å². The Morgan fingerprint density at radius 3 is 2.27 bits per heavy atom. The summed E-state index contributed by atoms with van der Waals surface area (Å²) in [5.74, 6) is -1.64. The number of Topliss-reactive ketones (excluding diaryl/α,β-unsaturated/α-hetero) is 1. The Hall–Kier alpha value is -1.58. The number of carboxylic acids is 1. The van der Waals surface area contributed by atoms with E-state index in [1.54, 1.807) is 26.0 Å². The fourth-order valence-electron chi connectivity index (χ4n) is 1.23. The monoisotopic (exact) mass is 210 g/mol. The topological polar surface area (TPSA) is 67.5 Å². The second-order valence-corrected chi connectivity index (χ2v) is 3.69. The van der Waals surface area contributed by atoms with Gasteiger partial charge in [-0.25, -0.2) is 0 Å². The number of aliphatic carboxylic acids is 1. The summed E-state index contributed by atoms with van der Waals surface area (Å²) < 4.78 is 5.15. The van der Waals surface area contributed by atoms with E-state index in [0.29, 0.717) is 5.76 Å². The lowest BCUT2D eigenvalue weighted by Crippen LogP contribution is -2.25. The summed E-state index contributed by atoms with van der Waals surface area (Å²) in [5.41, 5.74) is 0. The summed E-state index contributed by atoms with van der Waals surface area (Å²) in [7, 11) is 0. The lowest BCUT2D eigenvalue weighted by atomic mass is 9.91. The van der Waals surface area contributed by atoms with Gasteiger partial charge < -0.3 is 9.52 Å². The van der Waals surface area contributed by atoms with Gasteiger partial charge in [0.05, 0.1) is 5.92 Å². The van der Waals surface area contributed by atoms with Crippen LogP contribution in [0.2, 0.25) is 0 Å². The van der Waals surface area contributed by atoms with Crippen LogP contribution >= 0.6 is 0 Å². The molecule has 0 spiro atoms. The van der Waals surface area contributed by atoms with Gasteiger partial charge in [-0.1, -0.05) is 13.8 Å². The van der Waals surface area contributed by atoms with E-state index in [2.05, 4.69) is 0 Å². The summed E-state index contributed by atoms with van der Waals surface area (Å²) in [4.78, 5) is 22.4. The Balaban J connectivity index is 2.81. The van der Waals surface area contributed by atoms with Gasteiger partial charge in [-0.05, 0) is 19.1 Å². The van der Waals surface area contributed by atoms with Gasteiger partial charge in [0.1, 0.15) is 5.76 Å². The number of rotatable bonds is 4. The standard InChI is InChI=1S/C11H14O4/c1-6-4-5-9(15-6)10(12)7(2)8(3)11(13)14/h4-5,7-8H,1-3H3,(H,13,14)/t7-,8+/m0/s1. The lowest BCUT2D eigenvalue weighted by molar-refractivity contribution is -0.142. The van der Waals surface area contributed by atoms with Crippen molar-refractivity contribution < 1.29 is 19.1 Å². The third kappa shape index (κ3) is 2.46. The fourth-order valence-corrected chi connectivity index (χ4v) is 1.23. The summed E-state index contributed by atoms with van der Waals surface area (Å²) in [6.07, 6.45) is 0. The second-order valence-electron chi connectivity index (χ2n) is 3.69. The Morgan fingerprint density at radius 2 is 1.87 bits per heavy atom. The van der Waals surface area contributed by atoms with Crippen LogP contribution in [0.5, 0.6) is 0 Å². The molecule has 0 saturated heterocycles. The first-order chi connectivity index (χ1) is 6.93. The van der Waals surface area contributed by atoms with Crippen LogP contribution < -0.4 is 0 Å². The third-order valence-electron chi connectivity index (χ3n) is 2.54. The van der Waals surface area contributed by atoms with E-state index in [1.165, 1.54) is 6.92 Å². The van der Waals surface area contributed by atoms with Gasteiger partial charge in [0.25, 0.3) is 0 Å². The van der Waals surface area contributed by atoms with E-state index in [1.807, 2.05) is 0 Å². The van der Waals surface area contributed by atoms with Crippen molar-refractivity contribution in [3.05, 3.63) is 23.7 Å². The van der Waals surface area contributed by atoms with Crippen LogP contribution in [0, 0.1) is 18.8 Å². The van der Waals surface area contributed by atoms with Crippen molar-refractivity contribution in [2.24, 2.45) is 11.8 Å². The molecule has 0 aromatic carbocycles. The number of hydrogen-bond acceptors (Lipinski definition) is 3. The fraction of sp³-hybridized carbons (Fsp3) is 0.455. The largest absolute Gasteiger partial charge is 0.481 e. The van der Waals surface area contributed by atoms with E-state index < -0.39 is 17.8 Å². The minimum Gasteiger partial charge on any atom is -0.481 e. The zero-order chi connectivity index (χ0) is 11.6. The predicted octanol–water partition coefficient (Wildman–Crippen LogP) is 2.13. The van der Waals surface area contributed by atoms with Gasteiger partial charge in [-0.15, -0.1) is 0 Å². The highest BCUT2D eigenvalue weighted by Crippen LogP contribution is 2.18. The minimum atomic E-state index is -0.973. The number of ketones is 1. The zero-order valence-electron chi connectivity index (χ0n) is 8.98. The van der Waals surface area contributed by atoms with E-state index in [-0.39, 0.29) is 11.5 Å². The quantitative estimate of drug-likeness (QED) is 0.773. The predicted molar refractivity (Wildman–Crippen MR) is 53.7 cm³/mol. The first-order valence-corrected chi connectivity index (χ1v) is 4.77. The number of carbonyl (C=O) groups excluding carboxylic acids is 1. The van der Waals surface area contributed by atoms with Gasteiger partial charge in [0, 0.05) is 5.92 Å². The SMILES string of the molecule is Cc1ccc(C(=O)[C@@H](C)[C@@H](C)C(=O)O)o1. The van der Waals surface area contributed by atoms with E-state index in [0.717, 1.165) is 0 Å². The van der Waals surface area contributed by atoms with Crippen LogP contribution in [0.3, 0.4) is 0 Å². The number of aryl methyl sites for hydroxylation is 1. The van der Waals surface area contributed by atoms with Crippen molar-refractivity contribution in [3.8, 4) is 0 Å². The molecule has 0 unspecified atom stereocenters. The Morgan fingerprint density at radius 1 is 1.27 bits per heavy atom. The molecule has 0 fully saturated rings. The van der Waals surface area contributed by atoms with Crippen molar-refractivity contribution in [2.75, 3.05) is 0 Å². The third-order valence-corrected chi connectivity index (χ3v) is 2.54.